The number of nitrogens with one attached hydrogen (secondary N) is 2. The van der Waals surface area contributed by atoms with Crippen LogP contribution in [0.25, 0.3) is 0 Å². The molecule has 0 heterocycles. The Hall–Kier alpha value is -1.29. The maximum absolute atomic E-state index is 5.40. The number of hydrogen-bond acceptors (Lipinski definition) is 4. The molecular weight excluding hydrogens is 310 g/mol. The highest BCUT2D eigenvalue weighted by Crippen LogP contribution is 2.17. The summed E-state index contributed by atoms with van der Waals surface area (Å²) in [5.74, 6) is 1.48. The van der Waals surface area contributed by atoms with E-state index in [0.717, 1.165) is 18.7 Å². The number of ether oxygens (including phenoxy) is 1. The molecule has 4 nitrogen and oxygen atoms in total. The van der Waals surface area contributed by atoms with E-state index < -0.39 is 0 Å². The third kappa shape index (κ3) is 11.0. The van der Waals surface area contributed by atoms with Crippen LogP contribution in [-0.4, -0.2) is 32.0 Å². The van der Waals surface area contributed by atoms with Crippen LogP contribution in [0.5, 0.6) is 0 Å². The second-order valence-corrected chi connectivity index (χ2v) is 7.15. The number of hydrogen-bond donors (Lipinski definition) is 2. The third-order valence-electron chi connectivity index (χ3n) is 4.80. The van der Waals surface area contributed by atoms with E-state index in [2.05, 4.69) is 42.1 Å². The Morgan fingerprint density at radius 3 is 2.60 bits per heavy atom. The fourth-order valence-corrected chi connectivity index (χ4v) is 3.23. The van der Waals surface area contributed by atoms with Crippen molar-refractivity contribution in [2.45, 2.75) is 90.1 Å². The van der Waals surface area contributed by atoms with Gasteiger partial charge in [-0.2, -0.15) is 0 Å². The van der Waals surface area contributed by atoms with Gasteiger partial charge in [-0.05, 0) is 32.3 Å². The van der Waals surface area contributed by atoms with Crippen LogP contribution in [0, 0.1) is 0 Å². The van der Waals surface area contributed by atoms with Crippen LogP contribution < -0.4 is 10.6 Å². The lowest BCUT2D eigenvalue weighted by atomic mass is 10.1. The SMILES string of the molecule is C=C(N=C/C(=C\CNC1CCCCCC1)OC)NC(C)CCCCC. The minimum atomic E-state index is 0.406. The van der Waals surface area contributed by atoms with E-state index in [4.69, 9.17) is 4.74 Å². The van der Waals surface area contributed by atoms with Crippen molar-refractivity contribution in [3.63, 3.8) is 0 Å². The van der Waals surface area contributed by atoms with E-state index in [9.17, 15) is 0 Å². The molecule has 0 aromatic rings. The summed E-state index contributed by atoms with van der Waals surface area (Å²) >= 11 is 0. The molecule has 2 N–H and O–H groups in total. The third-order valence-corrected chi connectivity index (χ3v) is 4.80. The fourth-order valence-electron chi connectivity index (χ4n) is 3.23. The summed E-state index contributed by atoms with van der Waals surface area (Å²) in [6.07, 6.45) is 16.8. The molecule has 0 aromatic heterocycles. The fraction of sp³-hybridized carbons (Fsp3) is 0.762. The molecule has 0 aromatic carbocycles. The molecule has 144 valence electrons. The van der Waals surface area contributed by atoms with Crippen LogP contribution in [0.1, 0.15) is 78.1 Å². The van der Waals surface area contributed by atoms with Crippen molar-refractivity contribution in [2.24, 2.45) is 4.99 Å². The van der Waals surface area contributed by atoms with Crippen molar-refractivity contribution in [3.05, 3.63) is 24.2 Å². The zero-order valence-electron chi connectivity index (χ0n) is 16.7. The maximum atomic E-state index is 5.40. The largest absolute Gasteiger partial charge is 0.495 e. The summed E-state index contributed by atoms with van der Waals surface area (Å²) < 4.78 is 5.40. The highest BCUT2D eigenvalue weighted by Gasteiger charge is 2.10. The predicted octanol–water partition coefficient (Wildman–Crippen LogP) is 4.93. The Labute approximate surface area is 155 Å². The lowest BCUT2D eigenvalue weighted by Crippen LogP contribution is -2.28. The monoisotopic (exact) mass is 349 g/mol. The van der Waals surface area contributed by atoms with Crippen molar-refractivity contribution in [2.75, 3.05) is 13.7 Å². The van der Waals surface area contributed by atoms with E-state index in [0.29, 0.717) is 17.9 Å². The van der Waals surface area contributed by atoms with E-state index in [1.165, 1.54) is 57.8 Å². The van der Waals surface area contributed by atoms with Crippen LogP contribution in [0.15, 0.2) is 29.2 Å². The van der Waals surface area contributed by atoms with Gasteiger partial charge in [0.15, 0.2) is 0 Å². The van der Waals surface area contributed by atoms with Crippen molar-refractivity contribution in [1.29, 1.82) is 0 Å². The second-order valence-electron chi connectivity index (χ2n) is 7.15. The minimum absolute atomic E-state index is 0.406. The Morgan fingerprint density at radius 2 is 1.96 bits per heavy atom. The molecule has 1 unspecified atom stereocenters. The van der Waals surface area contributed by atoms with Crippen molar-refractivity contribution >= 4 is 6.21 Å². The van der Waals surface area contributed by atoms with Gasteiger partial charge in [-0.3, -0.25) is 0 Å². The molecule has 0 amide bonds. The summed E-state index contributed by atoms with van der Waals surface area (Å²) in [4.78, 5) is 4.39. The molecule has 4 heteroatoms. The maximum Gasteiger partial charge on any atom is 0.134 e. The van der Waals surface area contributed by atoms with Gasteiger partial charge in [0, 0.05) is 18.6 Å². The Bertz CT molecular complexity index is 409. The molecule has 25 heavy (non-hydrogen) atoms. The van der Waals surface area contributed by atoms with Crippen molar-refractivity contribution in [3.8, 4) is 0 Å². The summed E-state index contributed by atoms with van der Waals surface area (Å²) in [7, 11) is 1.69. The van der Waals surface area contributed by atoms with Gasteiger partial charge < -0.3 is 15.4 Å². The first kappa shape index (κ1) is 21.8. The van der Waals surface area contributed by atoms with Gasteiger partial charge in [0.2, 0.25) is 0 Å². The topological polar surface area (TPSA) is 45.7 Å². The molecule has 1 saturated carbocycles. The Kier molecular flexibility index (Phi) is 12.1. The van der Waals surface area contributed by atoms with E-state index in [-0.39, 0.29) is 0 Å². The van der Waals surface area contributed by atoms with Crippen LogP contribution >= 0.6 is 0 Å². The van der Waals surface area contributed by atoms with E-state index >= 15 is 0 Å². The molecule has 1 fully saturated rings. The quantitative estimate of drug-likeness (QED) is 0.227. The van der Waals surface area contributed by atoms with Crippen LogP contribution in [0.2, 0.25) is 0 Å². The average molecular weight is 350 g/mol. The molecule has 1 aliphatic rings. The summed E-state index contributed by atoms with van der Waals surface area (Å²) in [5.41, 5.74) is 0. The molecule has 0 radical (unpaired) electrons. The van der Waals surface area contributed by atoms with Crippen molar-refractivity contribution < 1.29 is 4.74 Å². The first-order chi connectivity index (χ1) is 12.2. The Balaban J connectivity index is 2.31. The number of unbranched alkanes of at least 4 members (excludes halogenated alkanes) is 2. The van der Waals surface area contributed by atoms with Gasteiger partial charge in [-0.15, -0.1) is 0 Å². The summed E-state index contributed by atoms with van der Waals surface area (Å²) in [6.45, 7) is 9.22. The smallest absolute Gasteiger partial charge is 0.134 e. The predicted molar refractivity (Wildman–Crippen MR) is 109 cm³/mol. The first-order valence-electron chi connectivity index (χ1n) is 10.1. The second kappa shape index (κ2) is 13.9. The molecule has 1 atom stereocenters. The van der Waals surface area contributed by atoms with Gasteiger partial charge >= 0.3 is 0 Å². The number of nitrogens with zero attached hydrogens (tertiary/aromatic N) is 1. The zero-order valence-corrected chi connectivity index (χ0v) is 16.7. The molecular formula is C21H39N3O. The molecule has 0 spiro atoms. The van der Waals surface area contributed by atoms with Crippen LogP contribution in [0.4, 0.5) is 0 Å². The highest BCUT2D eigenvalue weighted by atomic mass is 16.5. The van der Waals surface area contributed by atoms with Gasteiger partial charge in [0.05, 0.1) is 13.3 Å². The number of allylic oxidation sites excluding steroid dienone is 1. The lowest BCUT2D eigenvalue weighted by Gasteiger charge is -2.15. The number of rotatable bonds is 12. The highest BCUT2D eigenvalue weighted by molar-refractivity contribution is 5.76. The zero-order chi connectivity index (χ0) is 18.3. The van der Waals surface area contributed by atoms with Gasteiger partial charge in [-0.25, -0.2) is 4.99 Å². The number of aliphatic imine (C=N–C) groups is 1. The van der Waals surface area contributed by atoms with Crippen LogP contribution in [0.3, 0.4) is 0 Å². The molecule has 0 bridgehead atoms. The number of methoxy groups -OCH3 is 1. The van der Waals surface area contributed by atoms with Gasteiger partial charge in [0.1, 0.15) is 11.6 Å². The van der Waals surface area contributed by atoms with Gasteiger partial charge in [-0.1, -0.05) is 58.4 Å². The molecule has 1 aliphatic carbocycles. The van der Waals surface area contributed by atoms with Gasteiger partial charge in [0.25, 0.3) is 0 Å². The van der Waals surface area contributed by atoms with E-state index in [1.807, 2.05) is 0 Å². The lowest BCUT2D eigenvalue weighted by molar-refractivity contribution is 0.315. The molecule has 0 aliphatic heterocycles. The normalized spacial score (nSPS) is 18.1. The molecule has 0 saturated heterocycles. The first-order valence-corrected chi connectivity index (χ1v) is 10.1. The standard InChI is InChI=1S/C21H39N3O/c1-5-6-9-12-18(2)24-19(3)23-17-21(25-4)15-16-22-20-13-10-7-8-11-14-20/h15,17-18,20,22,24H,3,5-14,16H2,1-2,4H3/b21-15+,23-17?. The minimum Gasteiger partial charge on any atom is -0.495 e. The Morgan fingerprint density at radius 1 is 1.24 bits per heavy atom. The van der Waals surface area contributed by atoms with Crippen molar-refractivity contribution in [1.82, 2.24) is 10.6 Å². The van der Waals surface area contributed by atoms with E-state index in [1.54, 1.807) is 13.3 Å². The molecule has 1 rings (SSSR count). The summed E-state index contributed by atoms with van der Waals surface area (Å²) in [5, 5.41) is 6.96. The van der Waals surface area contributed by atoms with Crippen LogP contribution in [-0.2, 0) is 4.74 Å². The average Bonchev–Trinajstić information content (AvgIpc) is 2.87. The summed E-state index contributed by atoms with van der Waals surface area (Å²) in [6, 6.07) is 1.05.